The predicted molar refractivity (Wildman–Crippen MR) is 52.9 cm³/mol. The molecule has 0 aliphatic heterocycles. The van der Waals surface area contributed by atoms with E-state index in [9.17, 15) is 10.2 Å². The third kappa shape index (κ3) is 2.35. The van der Waals surface area contributed by atoms with Gasteiger partial charge < -0.3 is 15.3 Å². The molecule has 4 heteroatoms. The van der Waals surface area contributed by atoms with Crippen LogP contribution in [0.4, 0.5) is 0 Å². The standard InChI is InChI=1S/C9H11BrO3/c10-7-3-4-8(12)9(13)6(7)2-1-5-11/h3-4,11-13H,1-2,5H2. The summed E-state index contributed by atoms with van der Waals surface area (Å²) >= 11 is 3.26. The Morgan fingerprint density at radius 2 is 1.92 bits per heavy atom. The Kier molecular flexibility index (Phi) is 3.57. The van der Waals surface area contributed by atoms with Crippen LogP contribution in [0.25, 0.3) is 0 Å². The van der Waals surface area contributed by atoms with Crippen molar-refractivity contribution in [1.29, 1.82) is 0 Å². The van der Waals surface area contributed by atoms with Crippen molar-refractivity contribution in [2.75, 3.05) is 6.61 Å². The minimum atomic E-state index is -0.129. The second kappa shape index (κ2) is 4.48. The number of phenolic OH excluding ortho intramolecular Hbond substituents is 2. The summed E-state index contributed by atoms with van der Waals surface area (Å²) in [4.78, 5) is 0. The number of hydrogen-bond donors (Lipinski definition) is 3. The van der Waals surface area contributed by atoms with Gasteiger partial charge in [-0.2, -0.15) is 0 Å². The van der Waals surface area contributed by atoms with Gasteiger partial charge in [0.25, 0.3) is 0 Å². The van der Waals surface area contributed by atoms with Gasteiger partial charge >= 0.3 is 0 Å². The molecule has 0 saturated heterocycles. The van der Waals surface area contributed by atoms with Crippen molar-refractivity contribution in [2.45, 2.75) is 12.8 Å². The number of aromatic hydroxyl groups is 2. The first kappa shape index (κ1) is 10.3. The van der Waals surface area contributed by atoms with Gasteiger partial charge in [0.1, 0.15) is 0 Å². The Bertz CT molecular complexity index is 299. The first-order valence-corrected chi connectivity index (χ1v) is 4.76. The van der Waals surface area contributed by atoms with Crippen LogP contribution in [0.2, 0.25) is 0 Å². The van der Waals surface area contributed by atoms with Crippen LogP contribution in [-0.2, 0) is 6.42 Å². The molecule has 1 aromatic rings. The monoisotopic (exact) mass is 246 g/mol. The summed E-state index contributed by atoms with van der Waals surface area (Å²) in [6.45, 7) is 0.0710. The highest BCUT2D eigenvalue weighted by Crippen LogP contribution is 2.34. The summed E-state index contributed by atoms with van der Waals surface area (Å²) in [5.74, 6) is -0.237. The molecule has 0 spiro atoms. The van der Waals surface area contributed by atoms with Crippen LogP contribution in [0, 0.1) is 0 Å². The molecule has 3 N–H and O–H groups in total. The average Bonchev–Trinajstić information content (AvgIpc) is 2.12. The van der Waals surface area contributed by atoms with E-state index in [0.717, 1.165) is 4.47 Å². The van der Waals surface area contributed by atoms with Gasteiger partial charge in [0.15, 0.2) is 11.5 Å². The number of benzene rings is 1. The minimum Gasteiger partial charge on any atom is -0.504 e. The van der Waals surface area contributed by atoms with Crippen molar-refractivity contribution in [1.82, 2.24) is 0 Å². The Morgan fingerprint density at radius 1 is 1.23 bits per heavy atom. The number of hydrogen-bond acceptors (Lipinski definition) is 3. The Hall–Kier alpha value is -0.740. The molecule has 1 rings (SSSR count). The molecule has 0 unspecified atom stereocenters. The van der Waals surface area contributed by atoms with Crippen molar-refractivity contribution >= 4 is 15.9 Å². The second-order valence-electron chi connectivity index (χ2n) is 2.72. The SMILES string of the molecule is OCCCc1c(Br)ccc(O)c1O. The number of aliphatic hydroxyl groups excluding tert-OH is 1. The van der Waals surface area contributed by atoms with E-state index in [1.165, 1.54) is 6.07 Å². The van der Waals surface area contributed by atoms with Crippen LogP contribution < -0.4 is 0 Å². The summed E-state index contributed by atoms with van der Waals surface area (Å²) < 4.78 is 0.747. The highest BCUT2D eigenvalue weighted by Gasteiger charge is 2.09. The van der Waals surface area contributed by atoms with E-state index >= 15 is 0 Å². The van der Waals surface area contributed by atoms with Crippen molar-refractivity contribution in [3.63, 3.8) is 0 Å². The fourth-order valence-electron chi connectivity index (χ4n) is 1.09. The average molecular weight is 247 g/mol. The smallest absolute Gasteiger partial charge is 0.161 e. The van der Waals surface area contributed by atoms with E-state index in [4.69, 9.17) is 5.11 Å². The fourth-order valence-corrected chi connectivity index (χ4v) is 1.61. The molecule has 0 heterocycles. The summed E-state index contributed by atoms with van der Waals surface area (Å²) in [6, 6.07) is 3.09. The van der Waals surface area contributed by atoms with Gasteiger partial charge in [0, 0.05) is 16.6 Å². The fraction of sp³-hybridized carbons (Fsp3) is 0.333. The van der Waals surface area contributed by atoms with E-state index in [1.54, 1.807) is 6.07 Å². The van der Waals surface area contributed by atoms with Crippen LogP contribution in [-0.4, -0.2) is 21.9 Å². The van der Waals surface area contributed by atoms with E-state index in [1.807, 2.05) is 0 Å². The van der Waals surface area contributed by atoms with E-state index in [0.29, 0.717) is 18.4 Å². The Morgan fingerprint density at radius 3 is 2.54 bits per heavy atom. The van der Waals surface area contributed by atoms with Gasteiger partial charge in [-0.3, -0.25) is 0 Å². The van der Waals surface area contributed by atoms with Gasteiger partial charge in [-0.05, 0) is 25.0 Å². The molecule has 0 fully saturated rings. The molecule has 0 aromatic heterocycles. The number of halogens is 1. The quantitative estimate of drug-likeness (QED) is 0.713. The summed E-state index contributed by atoms with van der Waals surface area (Å²) in [5.41, 5.74) is 0.633. The largest absolute Gasteiger partial charge is 0.504 e. The van der Waals surface area contributed by atoms with Crippen LogP contribution in [0.1, 0.15) is 12.0 Å². The zero-order valence-electron chi connectivity index (χ0n) is 7.00. The van der Waals surface area contributed by atoms with Crippen LogP contribution >= 0.6 is 15.9 Å². The van der Waals surface area contributed by atoms with Crippen molar-refractivity contribution in [3.8, 4) is 11.5 Å². The molecule has 0 saturated carbocycles. The topological polar surface area (TPSA) is 60.7 Å². The molecule has 0 aliphatic rings. The lowest BCUT2D eigenvalue weighted by Crippen LogP contribution is -1.91. The van der Waals surface area contributed by atoms with E-state index in [2.05, 4.69) is 15.9 Å². The summed E-state index contributed by atoms with van der Waals surface area (Å²) in [6.07, 6.45) is 1.10. The maximum Gasteiger partial charge on any atom is 0.161 e. The zero-order valence-corrected chi connectivity index (χ0v) is 8.58. The van der Waals surface area contributed by atoms with E-state index < -0.39 is 0 Å². The molecule has 0 amide bonds. The van der Waals surface area contributed by atoms with E-state index in [-0.39, 0.29) is 18.1 Å². The van der Waals surface area contributed by atoms with Crippen LogP contribution in [0.15, 0.2) is 16.6 Å². The summed E-state index contributed by atoms with van der Waals surface area (Å²) in [5, 5.41) is 27.3. The maximum absolute atomic E-state index is 9.44. The highest BCUT2D eigenvalue weighted by molar-refractivity contribution is 9.10. The molecule has 0 atom stereocenters. The van der Waals surface area contributed by atoms with Crippen molar-refractivity contribution in [3.05, 3.63) is 22.2 Å². The number of phenols is 2. The van der Waals surface area contributed by atoms with Crippen LogP contribution in [0.3, 0.4) is 0 Å². The predicted octanol–water partition coefficient (Wildman–Crippen LogP) is 1.79. The molecule has 0 aliphatic carbocycles. The lowest BCUT2D eigenvalue weighted by Gasteiger charge is -2.07. The third-order valence-electron chi connectivity index (χ3n) is 1.79. The minimum absolute atomic E-state index is 0.0710. The van der Waals surface area contributed by atoms with Gasteiger partial charge in [-0.25, -0.2) is 0 Å². The normalized spacial score (nSPS) is 10.3. The molecule has 0 radical (unpaired) electrons. The number of rotatable bonds is 3. The van der Waals surface area contributed by atoms with Gasteiger partial charge in [-0.15, -0.1) is 0 Å². The maximum atomic E-state index is 9.44. The van der Waals surface area contributed by atoms with Crippen molar-refractivity contribution < 1.29 is 15.3 Å². The van der Waals surface area contributed by atoms with Gasteiger partial charge in [-0.1, -0.05) is 15.9 Å². The molecular weight excluding hydrogens is 236 g/mol. The van der Waals surface area contributed by atoms with Crippen molar-refractivity contribution in [2.24, 2.45) is 0 Å². The lowest BCUT2D eigenvalue weighted by atomic mass is 10.1. The third-order valence-corrected chi connectivity index (χ3v) is 2.53. The zero-order chi connectivity index (χ0) is 9.84. The molecule has 0 bridgehead atoms. The second-order valence-corrected chi connectivity index (χ2v) is 3.58. The molecule has 13 heavy (non-hydrogen) atoms. The van der Waals surface area contributed by atoms with Crippen LogP contribution in [0.5, 0.6) is 11.5 Å². The highest BCUT2D eigenvalue weighted by atomic mass is 79.9. The van der Waals surface area contributed by atoms with Gasteiger partial charge in [0.05, 0.1) is 0 Å². The Balaban J connectivity index is 2.96. The molecule has 72 valence electrons. The molecule has 3 nitrogen and oxygen atoms in total. The Labute approximate surface area is 84.8 Å². The first-order valence-electron chi connectivity index (χ1n) is 3.97. The lowest BCUT2D eigenvalue weighted by molar-refractivity contribution is 0.287. The first-order chi connectivity index (χ1) is 6.16. The summed E-state index contributed by atoms with van der Waals surface area (Å²) in [7, 11) is 0. The molecular formula is C9H11BrO3. The number of aliphatic hydroxyl groups is 1. The van der Waals surface area contributed by atoms with Gasteiger partial charge in [0.2, 0.25) is 0 Å². The molecule has 1 aromatic carbocycles.